The highest BCUT2D eigenvalue weighted by molar-refractivity contribution is 6.00. The summed E-state index contributed by atoms with van der Waals surface area (Å²) in [5, 5.41) is 17.3. The van der Waals surface area contributed by atoms with E-state index in [-0.39, 0.29) is 17.7 Å². The second-order valence-electron chi connectivity index (χ2n) is 15.1. The summed E-state index contributed by atoms with van der Waals surface area (Å²) in [5.74, 6) is 1.44. The van der Waals surface area contributed by atoms with Crippen LogP contribution in [0.1, 0.15) is 63.4 Å². The van der Waals surface area contributed by atoms with Crippen LogP contribution in [-0.2, 0) is 36.3 Å². The minimum absolute atomic E-state index is 0.175. The molecule has 0 radical (unpaired) electrons. The van der Waals surface area contributed by atoms with E-state index >= 15 is 0 Å². The standard InChI is InChI=1S/C44H51N11O5/c1-52(39-13-14-41(57)49-44(39)59)28-34-25-36(12-11-33(34)29-56)55-20-18-54(19-21-55)17-3-4-22-60-37-10-5-7-31(23-37)26-47-43(58)32-8-6-9-35(24-32)46-27-40-50-51-42(53(40)2)38-15-16-45-30-48-38/h5-12,15-16,23-25,29-30,39,46H,3-4,13-14,17-22,26-28H2,1-2H3,(H,47,58)(H,49,57,59). The van der Waals surface area contributed by atoms with Gasteiger partial charge in [-0.2, -0.15) is 0 Å². The van der Waals surface area contributed by atoms with Gasteiger partial charge in [-0.05, 0) is 98.6 Å². The number of ether oxygens (including phenoxy) is 1. The fourth-order valence-electron chi connectivity index (χ4n) is 7.52. The fraction of sp³-hybridized carbons (Fsp3) is 0.364. The van der Waals surface area contributed by atoms with Crippen molar-refractivity contribution in [1.82, 2.24) is 45.2 Å². The molecule has 2 aliphatic rings. The Balaban J connectivity index is 0.803. The van der Waals surface area contributed by atoms with Gasteiger partial charge in [0, 0.05) is 81.4 Å². The Kier molecular flexibility index (Phi) is 13.8. The predicted molar refractivity (Wildman–Crippen MR) is 226 cm³/mol. The molecule has 0 spiro atoms. The summed E-state index contributed by atoms with van der Waals surface area (Å²) >= 11 is 0. The van der Waals surface area contributed by atoms with Crippen LogP contribution >= 0.6 is 0 Å². The van der Waals surface area contributed by atoms with E-state index in [2.05, 4.69) is 52.0 Å². The van der Waals surface area contributed by atoms with Crippen molar-refractivity contribution in [3.05, 3.63) is 113 Å². The lowest BCUT2D eigenvalue weighted by Gasteiger charge is -2.36. The molecule has 16 nitrogen and oxygen atoms in total. The van der Waals surface area contributed by atoms with Gasteiger partial charge in [-0.25, -0.2) is 9.97 Å². The Hall–Kier alpha value is -6.52. The topological polar surface area (TPSA) is 180 Å². The highest BCUT2D eigenvalue weighted by Crippen LogP contribution is 2.24. The van der Waals surface area contributed by atoms with Crippen LogP contribution in [0, 0.1) is 0 Å². The number of imide groups is 1. The molecule has 2 saturated heterocycles. The van der Waals surface area contributed by atoms with Crippen LogP contribution in [-0.4, -0.2) is 111 Å². The Morgan fingerprint density at radius 1 is 0.983 bits per heavy atom. The van der Waals surface area contributed by atoms with E-state index in [0.717, 1.165) is 85.9 Å². The highest BCUT2D eigenvalue weighted by atomic mass is 16.5. The number of piperazine rings is 1. The van der Waals surface area contributed by atoms with E-state index in [4.69, 9.17) is 4.74 Å². The van der Waals surface area contributed by atoms with E-state index in [1.165, 1.54) is 6.33 Å². The smallest absolute Gasteiger partial charge is 0.251 e. The third kappa shape index (κ3) is 10.7. The molecule has 3 aromatic carbocycles. The van der Waals surface area contributed by atoms with Crippen molar-refractivity contribution in [2.45, 2.75) is 51.4 Å². The maximum absolute atomic E-state index is 13.1. The average molecular weight is 814 g/mol. The predicted octanol–water partition coefficient (Wildman–Crippen LogP) is 3.84. The number of benzene rings is 3. The number of nitrogens with zero attached hydrogens (tertiary/aromatic N) is 8. The van der Waals surface area contributed by atoms with E-state index in [0.29, 0.717) is 61.7 Å². The number of unbranched alkanes of at least 4 members (excludes halogenated alkanes) is 1. The van der Waals surface area contributed by atoms with Crippen LogP contribution in [0.4, 0.5) is 11.4 Å². The van der Waals surface area contributed by atoms with Gasteiger partial charge in [-0.15, -0.1) is 10.2 Å². The SMILES string of the molecule is CN(Cc1cc(N2CCN(CCCCOc3cccc(CNC(=O)c4cccc(NCc5nnc(-c6ccncn6)n5C)c4)c3)CC2)ccc1C=O)C1CCC(=O)NC1=O. The molecular formula is C44H51N11O5. The van der Waals surface area contributed by atoms with Crippen molar-refractivity contribution in [3.63, 3.8) is 0 Å². The summed E-state index contributed by atoms with van der Waals surface area (Å²) in [6.45, 7) is 6.43. The van der Waals surface area contributed by atoms with Crippen LogP contribution in [0.15, 0.2) is 85.3 Å². The molecule has 3 amide bonds. The molecule has 60 heavy (non-hydrogen) atoms. The van der Waals surface area contributed by atoms with Crippen LogP contribution in [0.3, 0.4) is 0 Å². The number of nitrogens with one attached hydrogen (secondary N) is 3. The highest BCUT2D eigenvalue weighted by Gasteiger charge is 2.30. The number of amides is 3. The number of anilines is 2. The first-order chi connectivity index (χ1) is 29.2. The third-order valence-electron chi connectivity index (χ3n) is 11.0. The molecule has 312 valence electrons. The van der Waals surface area contributed by atoms with Crippen molar-refractivity contribution in [2.24, 2.45) is 7.05 Å². The van der Waals surface area contributed by atoms with Gasteiger partial charge in [-0.3, -0.25) is 34.3 Å². The molecule has 0 aliphatic carbocycles. The van der Waals surface area contributed by atoms with Gasteiger partial charge in [0.25, 0.3) is 5.91 Å². The lowest BCUT2D eigenvalue weighted by molar-refractivity contribution is -0.137. The normalized spacial score (nSPS) is 15.8. The van der Waals surface area contributed by atoms with Crippen LogP contribution in [0.25, 0.3) is 11.5 Å². The zero-order valence-corrected chi connectivity index (χ0v) is 34.0. The number of likely N-dealkylation sites (N-methyl/N-ethyl adjacent to an activating group) is 1. The van der Waals surface area contributed by atoms with E-state index < -0.39 is 6.04 Å². The number of carbonyl (C=O) groups is 4. The van der Waals surface area contributed by atoms with Crippen LogP contribution < -0.4 is 25.6 Å². The van der Waals surface area contributed by atoms with E-state index in [1.807, 2.05) is 78.2 Å². The number of carbonyl (C=O) groups excluding carboxylic acids is 4. The van der Waals surface area contributed by atoms with E-state index in [9.17, 15) is 19.2 Å². The van der Waals surface area contributed by atoms with Gasteiger partial charge in [-0.1, -0.05) is 18.2 Å². The number of hydrogen-bond acceptors (Lipinski definition) is 13. The largest absolute Gasteiger partial charge is 0.494 e. The number of piperidine rings is 1. The van der Waals surface area contributed by atoms with Gasteiger partial charge in [0.05, 0.1) is 19.2 Å². The second-order valence-corrected chi connectivity index (χ2v) is 15.1. The lowest BCUT2D eigenvalue weighted by atomic mass is 10.0. The molecular weight excluding hydrogens is 763 g/mol. The van der Waals surface area contributed by atoms with Gasteiger partial charge in [0.1, 0.15) is 24.1 Å². The summed E-state index contributed by atoms with van der Waals surface area (Å²) in [4.78, 5) is 63.9. The quantitative estimate of drug-likeness (QED) is 0.0661. The van der Waals surface area contributed by atoms with Crippen LogP contribution in [0.2, 0.25) is 0 Å². The number of aromatic nitrogens is 5. The molecule has 0 bridgehead atoms. The zero-order valence-electron chi connectivity index (χ0n) is 34.0. The number of rotatable bonds is 18. The van der Waals surface area contributed by atoms with Gasteiger partial charge < -0.3 is 24.8 Å². The molecule has 2 aliphatic heterocycles. The monoisotopic (exact) mass is 813 g/mol. The van der Waals surface area contributed by atoms with Crippen molar-refractivity contribution in [2.75, 3.05) is 56.6 Å². The van der Waals surface area contributed by atoms with Crippen molar-refractivity contribution < 1.29 is 23.9 Å². The molecule has 5 aromatic rings. The molecule has 2 fully saturated rings. The van der Waals surface area contributed by atoms with E-state index in [1.54, 1.807) is 18.3 Å². The first kappa shape index (κ1) is 41.6. The summed E-state index contributed by atoms with van der Waals surface area (Å²) in [6, 6.07) is 22.5. The lowest BCUT2D eigenvalue weighted by Crippen LogP contribution is -2.51. The Labute approximate surface area is 349 Å². The molecule has 3 N–H and O–H groups in total. The van der Waals surface area contributed by atoms with Gasteiger partial charge in [0.15, 0.2) is 11.6 Å². The van der Waals surface area contributed by atoms with Gasteiger partial charge >= 0.3 is 0 Å². The summed E-state index contributed by atoms with van der Waals surface area (Å²) < 4.78 is 7.97. The zero-order chi connectivity index (χ0) is 41.8. The fourth-order valence-corrected chi connectivity index (χ4v) is 7.52. The van der Waals surface area contributed by atoms with Crippen molar-refractivity contribution in [3.8, 4) is 17.3 Å². The molecule has 7 rings (SSSR count). The second kappa shape index (κ2) is 20.0. The molecule has 16 heteroatoms. The minimum atomic E-state index is -0.403. The molecule has 4 heterocycles. The minimum Gasteiger partial charge on any atom is -0.494 e. The maximum atomic E-state index is 13.1. The third-order valence-corrected chi connectivity index (χ3v) is 11.0. The first-order valence-corrected chi connectivity index (χ1v) is 20.3. The van der Waals surface area contributed by atoms with Gasteiger partial charge in [0.2, 0.25) is 11.8 Å². The molecule has 2 aromatic heterocycles. The summed E-state index contributed by atoms with van der Waals surface area (Å²) in [5.41, 5.74) is 5.51. The Bertz CT molecular complexity index is 2280. The number of hydrogen-bond donors (Lipinski definition) is 3. The molecule has 1 atom stereocenters. The number of aldehydes is 1. The molecule has 1 unspecified atom stereocenters. The summed E-state index contributed by atoms with van der Waals surface area (Å²) in [7, 11) is 3.74. The Morgan fingerprint density at radius 3 is 2.63 bits per heavy atom. The van der Waals surface area contributed by atoms with Crippen molar-refractivity contribution >= 4 is 35.4 Å². The average Bonchev–Trinajstić information content (AvgIpc) is 3.64. The Morgan fingerprint density at radius 2 is 1.83 bits per heavy atom. The summed E-state index contributed by atoms with van der Waals surface area (Å²) in [6.07, 6.45) is 6.72. The molecule has 0 saturated carbocycles. The first-order valence-electron chi connectivity index (χ1n) is 20.3. The van der Waals surface area contributed by atoms with Crippen LogP contribution in [0.5, 0.6) is 5.75 Å². The van der Waals surface area contributed by atoms with Crippen molar-refractivity contribution in [1.29, 1.82) is 0 Å². The maximum Gasteiger partial charge on any atom is 0.251 e.